The molecule has 5 rings (SSSR count). The molecule has 3 heterocycles. The first-order valence-corrected chi connectivity index (χ1v) is 12.3. The lowest BCUT2D eigenvalue weighted by Crippen LogP contribution is -2.55. The molecule has 0 spiro atoms. The van der Waals surface area contributed by atoms with Crippen LogP contribution in [0.4, 0.5) is 10.6 Å². The van der Waals surface area contributed by atoms with Crippen LogP contribution in [0.25, 0.3) is 10.8 Å². The van der Waals surface area contributed by atoms with Crippen LogP contribution in [0.15, 0.2) is 30.5 Å². The number of aryl methyl sites for hydroxylation is 1. The Bertz CT molecular complexity index is 914. The number of amides is 2. The molecule has 2 aromatic rings. The molecule has 3 fully saturated rings. The average Bonchev–Trinajstić information content (AvgIpc) is 2.78. The molecule has 166 valence electrons. The van der Waals surface area contributed by atoms with Gasteiger partial charge in [0.1, 0.15) is 5.82 Å². The fourth-order valence-corrected chi connectivity index (χ4v) is 5.83. The van der Waals surface area contributed by atoms with Crippen molar-refractivity contribution in [1.82, 2.24) is 15.2 Å². The van der Waals surface area contributed by atoms with Gasteiger partial charge in [-0.25, -0.2) is 9.78 Å². The lowest BCUT2D eigenvalue weighted by atomic mass is 9.77. The number of hydrogen-bond acceptors (Lipinski definition) is 3. The fourth-order valence-electron chi connectivity index (χ4n) is 5.83. The lowest BCUT2D eigenvalue weighted by Gasteiger charge is -2.41. The molecular weight excluding hydrogens is 384 g/mol. The zero-order valence-corrected chi connectivity index (χ0v) is 18.9. The topological polar surface area (TPSA) is 48.5 Å². The van der Waals surface area contributed by atoms with E-state index in [9.17, 15) is 4.79 Å². The van der Waals surface area contributed by atoms with Gasteiger partial charge >= 0.3 is 6.03 Å². The van der Waals surface area contributed by atoms with Crippen molar-refractivity contribution in [2.75, 3.05) is 31.1 Å². The largest absolute Gasteiger partial charge is 0.325 e. The van der Waals surface area contributed by atoms with E-state index in [2.05, 4.69) is 41.4 Å². The van der Waals surface area contributed by atoms with Gasteiger partial charge in [0.05, 0.1) is 6.04 Å². The van der Waals surface area contributed by atoms with Crippen LogP contribution in [0.2, 0.25) is 0 Å². The SMILES string of the molecule is Cc1cccc2ccnc(N(C(=O)N3CCC[C@H](CC4CCC4)C3)[C@@H]3CCCNC3)c12. The standard InChI is InChI=1S/C26H36N4O/c1-19-6-2-10-22-12-14-28-25(24(19)22)30(23-11-4-13-27-17-23)26(31)29-15-5-9-21(18-29)16-20-7-3-8-20/h2,6,10,12,14,20-21,23,27H,3-5,7-9,11,13,15-18H2,1H3/t21-,23-/m1/s1. The third-order valence-electron chi connectivity index (χ3n) is 7.73. The summed E-state index contributed by atoms with van der Waals surface area (Å²) in [5, 5.41) is 5.79. The number of anilines is 1. The fraction of sp³-hybridized carbons (Fsp3) is 0.615. The number of likely N-dealkylation sites (tertiary alicyclic amines) is 1. The molecule has 5 heteroatoms. The highest BCUT2D eigenvalue weighted by Crippen LogP contribution is 2.36. The highest BCUT2D eigenvalue weighted by Gasteiger charge is 2.35. The van der Waals surface area contributed by atoms with Crippen molar-refractivity contribution in [3.63, 3.8) is 0 Å². The van der Waals surface area contributed by atoms with Crippen molar-refractivity contribution in [3.05, 3.63) is 36.0 Å². The highest BCUT2D eigenvalue weighted by molar-refractivity contribution is 6.03. The van der Waals surface area contributed by atoms with Gasteiger partial charge < -0.3 is 10.2 Å². The predicted molar refractivity (Wildman–Crippen MR) is 127 cm³/mol. The van der Waals surface area contributed by atoms with Gasteiger partial charge in [-0.2, -0.15) is 0 Å². The van der Waals surface area contributed by atoms with Crippen LogP contribution in [0.5, 0.6) is 0 Å². The van der Waals surface area contributed by atoms with Gasteiger partial charge in [0.15, 0.2) is 0 Å². The van der Waals surface area contributed by atoms with Crippen LogP contribution in [0, 0.1) is 18.8 Å². The summed E-state index contributed by atoms with van der Waals surface area (Å²) in [4.78, 5) is 23.0. The zero-order chi connectivity index (χ0) is 21.2. The molecule has 2 saturated heterocycles. The number of carbonyl (C=O) groups excluding carboxylic acids is 1. The van der Waals surface area contributed by atoms with E-state index in [0.717, 1.165) is 67.9 Å². The first-order valence-electron chi connectivity index (χ1n) is 12.3. The van der Waals surface area contributed by atoms with Gasteiger partial charge in [0.2, 0.25) is 0 Å². The number of fused-ring (bicyclic) bond motifs is 1. The molecule has 3 aliphatic rings. The maximum atomic E-state index is 14.1. The number of hydrogen-bond donors (Lipinski definition) is 1. The first kappa shape index (κ1) is 20.7. The normalized spacial score (nSPS) is 24.7. The van der Waals surface area contributed by atoms with Crippen LogP contribution in [-0.2, 0) is 0 Å². The Balaban J connectivity index is 1.46. The van der Waals surface area contributed by atoms with E-state index in [-0.39, 0.29) is 12.1 Å². The molecule has 0 unspecified atom stereocenters. The van der Waals surface area contributed by atoms with Crippen LogP contribution in [0.3, 0.4) is 0 Å². The number of urea groups is 1. The average molecular weight is 421 g/mol. The molecule has 31 heavy (non-hydrogen) atoms. The van der Waals surface area contributed by atoms with Crippen LogP contribution in [0.1, 0.15) is 56.9 Å². The Morgan fingerprint density at radius 1 is 1.13 bits per heavy atom. The Morgan fingerprint density at radius 3 is 2.77 bits per heavy atom. The minimum atomic E-state index is 0.158. The van der Waals surface area contributed by atoms with Gasteiger partial charge in [0, 0.05) is 31.2 Å². The van der Waals surface area contributed by atoms with Crippen molar-refractivity contribution >= 4 is 22.6 Å². The van der Waals surface area contributed by atoms with E-state index < -0.39 is 0 Å². The van der Waals surface area contributed by atoms with Gasteiger partial charge in [0.25, 0.3) is 0 Å². The Labute approximate surface area is 186 Å². The number of carbonyl (C=O) groups is 1. The van der Waals surface area contributed by atoms with Gasteiger partial charge in [-0.3, -0.25) is 4.90 Å². The monoisotopic (exact) mass is 420 g/mol. The third kappa shape index (κ3) is 4.30. The third-order valence-corrected chi connectivity index (χ3v) is 7.73. The maximum Gasteiger partial charge on any atom is 0.325 e. The van der Waals surface area contributed by atoms with Crippen LogP contribution >= 0.6 is 0 Å². The molecule has 0 radical (unpaired) electrons. The van der Waals surface area contributed by atoms with E-state index in [1.807, 2.05) is 11.1 Å². The summed E-state index contributed by atoms with van der Waals surface area (Å²) < 4.78 is 0. The molecular formula is C26H36N4O. The number of pyridine rings is 1. The van der Waals surface area contributed by atoms with Crippen molar-refractivity contribution in [1.29, 1.82) is 0 Å². The van der Waals surface area contributed by atoms with Crippen molar-refractivity contribution in [2.45, 2.75) is 64.3 Å². The second-order valence-corrected chi connectivity index (χ2v) is 9.95. The number of piperidine rings is 2. The van der Waals surface area contributed by atoms with E-state index in [1.54, 1.807) is 0 Å². The van der Waals surface area contributed by atoms with Gasteiger partial charge in [-0.15, -0.1) is 0 Å². The van der Waals surface area contributed by atoms with Crippen LogP contribution in [-0.4, -0.2) is 48.1 Å². The Kier molecular flexibility index (Phi) is 6.13. The second kappa shape index (κ2) is 9.15. The number of rotatable bonds is 4. The molecule has 1 N–H and O–H groups in total. The minimum absolute atomic E-state index is 0.158. The summed E-state index contributed by atoms with van der Waals surface area (Å²) in [5.41, 5.74) is 1.18. The zero-order valence-electron chi connectivity index (χ0n) is 18.9. The van der Waals surface area contributed by atoms with Crippen molar-refractivity contribution in [3.8, 4) is 0 Å². The number of aromatic nitrogens is 1. The van der Waals surface area contributed by atoms with Crippen molar-refractivity contribution in [2.24, 2.45) is 11.8 Å². The number of nitrogens with zero attached hydrogens (tertiary/aromatic N) is 3. The smallest absolute Gasteiger partial charge is 0.324 e. The minimum Gasteiger partial charge on any atom is -0.324 e. The predicted octanol–water partition coefficient (Wildman–Crippen LogP) is 5.12. The lowest BCUT2D eigenvalue weighted by molar-refractivity contribution is 0.144. The molecule has 2 atom stereocenters. The van der Waals surface area contributed by atoms with Crippen molar-refractivity contribution < 1.29 is 4.79 Å². The number of nitrogens with one attached hydrogen (secondary N) is 1. The maximum absolute atomic E-state index is 14.1. The second-order valence-electron chi connectivity index (χ2n) is 9.95. The summed E-state index contributed by atoms with van der Waals surface area (Å²) in [6.45, 7) is 5.80. The first-order chi connectivity index (χ1) is 15.2. The molecule has 0 bridgehead atoms. The quantitative estimate of drug-likeness (QED) is 0.746. The molecule has 1 aromatic heterocycles. The van der Waals surface area contributed by atoms with E-state index in [0.29, 0.717) is 5.92 Å². The summed E-state index contributed by atoms with van der Waals surface area (Å²) in [6, 6.07) is 8.73. The molecule has 2 amide bonds. The van der Waals surface area contributed by atoms with Gasteiger partial charge in [-0.05, 0) is 74.4 Å². The summed E-state index contributed by atoms with van der Waals surface area (Å²) in [5.74, 6) is 2.41. The Morgan fingerprint density at radius 2 is 2.00 bits per heavy atom. The van der Waals surface area contributed by atoms with E-state index >= 15 is 0 Å². The molecule has 1 aliphatic carbocycles. The molecule has 1 aromatic carbocycles. The van der Waals surface area contributed by atoms with Crippen LogP contribution < -0.4 is 10.2 Å². The number of benzene rings is 1. The van der Waals surface area contributed by atoms with Gasteiger partial charge in [-0.1, -0.05) is 37.5 Å². The highest BCUT2D eigenvalue weighted by atomic mass is 16.2. The Hall–Kier alpha value is -2.14. The van der Waals surface area contributed by atoms with E-state index in [4.69, 9.17) is 4.98 Å². The molecule has 5 nitrogen and oxygen atoms in total. The summed E-state index contributed by atoms with van der Waals surface area (Å²) in [6.07, 6.45) is 11.9. The summed E-state index contributed by atoms with van der Waals surface area (Å²) >= 11 is 0. The molecule has 2 aliphatic heterocycles. The summed E-state index contributed by atoms with van der Waals surface area (Å²) in [7, 11) is 0. The van der Waals surface area contributed by atoms with E-state index in [1.165, 1.54) is 37.7 Å². The molecule has 1 saturated carbocycles.